The molecule has 1 aliphatic rings. The smallest absolute Gasteiger partial charge is 0.253 e. The van der Waals surface area contributed by atoms with Crippen LogP contribution in [0.3, 0.4) is 0 Å². The summed E-state index contributed by atoms with van der Waals surface area (Å²) < 4.78 is 17.0. The Kier molecular flexibility index (Phi) is 7.93. The average molecular weight is 475 g/mol. The molecule has 6 nitrogen and oxygen atoms in total. The van der Waals surface area contributed by atoms with Gasteiger partial charge < -0.3 is 19.1 Å². The van der Waals surface area contributed by atoms with Crippen LogP contribution >= 0.6 is 0 Å². The summed E-state index contributed by atoms with van der Waals surface area (Å²) in [4.78, 5) is 17.6. The molecule has 1 saturated heterocycles. The van der Waals surface area contributed by atoms with E-state index in [9.17, 15) is 4.79 Å². The van der Waals surface area contributed by atoms with Crippen LogP contribution in [0.1, 0.15) is 32.6 Å². The van der Waals surface area contributed by atoms with Gasteiger partial charge in [0.25, 0.3) is 5.91 Å². The number of benzene rings is 3. The monoisotopic (exact) mass is 474 g/mol. The van der Waals surface area contributed by atoms with Crippen LogP contribution < -0.4 is 14.2 Å². The fraction of sp³-hybridized carbons (Fsp3) is 0.345. The number of hydrogen-bond acceptors (Lipinski definition) is 5. The molecular weight excluding hydrogens is 440 g/mol. The number of nitrogens with zero attached hydrogens (tertiary/aromatic N) is 2. The largest absolute Gasteiger partial charge is 0.497 e. The maximum Gasteiger partial charge on any atom is 0.253 e. The molecule has 35 heavy (non-hydrogen) atoms. The summed E-state index contributed by atoms with van der Waals surface area (Å²) in [7, 11) is 3.32. The molecule has 3 aromatic carbocycles. The molecule has 0 N–H and O–H groups in total. The number of carbonyl (C=O) groups is 1. The number of aryl methyl sites for hydroxylation is 2. The van der Waals surface area contributed by atoms with Crippen molar-refractivity contribution in [2.45, 2.75) is 27.0 Å². The van der Waals surface area contributed by atoms with Gasteiger partial charge in [-0.05, 0) is 66.9 Å². The maximum absolute atomic E-state index is 13.3. The third kappa shape index (κ3) is 6.14. The number of carbonyl (C=O) groups excluding carboxylic acids is 1. The van der Waals surface area contributed by atoms with Gasteiger partial charge in [0.15, 0.2) is 0 Å². The number of amides is 1. The zero-order valence-electron chi connectivity index (χ0n) is 21.0. The Labute approximate surface area is 208 Å². The lowest BCUT2D eigenvalue weighted by Gasteiger charge is -2.35. The highest BCUT2D eigenvalue weighted by Gasteiger charge is 2.23. The van der Waals surface area contributed by atoms with Crippen molar-refractivity contribution in [2.75, 3.05) is 40.4 Å². The van der Waals surface area contributed by atoms with Crippen molar-refractivity contribution >= 4 is 5.91 Å². The van der Waals surface area contributed by atoms with Crippen molar-refractivity contribution in [1.29, 1.82) is 0 Å². The van der Waals surface area contributed by atoms with E-state index in [0.29, 0.717) is 25.3 Å². The lowest BCUT2D eigenvalue weighted by molar-refractivity contribution is 0.0628. The lowest BCUT2D eigenvalue weighted by atomic mass is 10.1. The van der Waals surface area contributed by atoms with Crippen molar-refractivity contribution in [2.24, 2.45) is 0 Å². The predicted molar refractivity (Wildman–Crippen MR) is 137 cm³/mol. The molecule has 0 unspecified atom stereocenters. The number of rotatable bonds is 8. The highest BCUT2D eigenvalue weighted by atomic mass is 16.5. The number of ether oxygens (including phenoxy) is 3. The molecule has 0 saturated carbocycles. The van der Waals surface area contributed by atoms with Gasteiger partial charge >= 0.3 is 0 Å². The van der Waals surface area contributed by atoms with Gasteiger partial charge in [0.05, 0.1) is 14.2 Å². The van der Waals surface area contributed by atoms with E-state index in [2.05, 4.69) is 29.2 Å². The molecular formula is C29H34N2O4. The maximum atomic E-state index is 13.3. The Balaban J connectivity index is 1.39. The Morgan fingerprint density at radius 1 is 0.857 bits per heavy atom. The SMILES string of the molecule is COc1cccc(CN2CCN(C(=O)c3ccc(OC)c(COc4cc(C)ccc4C)c3)CC2)c1. The van der Waals surface area contributed by atoms with Crippen LogP contribution in [-0.2, 0) is 13.2 Å². The minimum atomic E-state index is 0.0432. The number of piperazine rings is 1. The molecule has 0 aromatic heterocycles. The molecule has 0 atom stereocenters. The molecule has 0 bridgehead atoms. The van der Waals surface area contributed by atoms with Gasteiger partial charge in [-0.3, -0.25) is 9.69 Å². The molecule has 0 aliphatic carbocycles. The summed E-state index contributed by atoms with van der Waals surface area (Å²) in [5.41, 5.74) is 4.95. The summed E-state index contributed by atoms with van der Waals surface area (Å²) in [6.45, 7) is 8.32. The summed E-state index contributed by atoms with van der Waals surface area (Å²) in [6, 6.07) is 19.9. The molecule has 6 heteroatoms. The van der Waals surface area contributed by atoms with Gasteiger partial charge in [0.2, 0.25) is 0 Å². The summed E-state index contributed by atoms with van der Waals surface area (Å²) in [5, 5.41) is 0. The van der Waals surface area contributed by atoms with Gasteiger partial charge in [-0.2, -0.15) is 0 Å². The Morgan fingerprint density at radius 2 is 1.66 bits per heavy atom. The Hall–Kier alpha value is -3.51. The first-order valence-corrected chi connectivity index (χ1v) is 12.0. The first-order valence-electron chi connectivity index (χ1n) is 12.0. The molecule has 1 fully saturated rings. The highest BCUT2D eigenvalue weighted by molar-refractivity contribution is 5.94. The minimum Gasteiger partial charge on any atom is -0.497 e. The molecule has 184 valence electrons. The van der Waals surface area contributed by atoms with Crippen molar-refractivity contribution < 1.29 is 19.0 Å². The summed E-state index contributed by atoms with van der Waals surface area (Å²) in [5.74, 6) is 2.47. The van der Waals surface area contributed by atoms with Gasteiger partial charge in [-0.15, -0.1) is 0 Å². The average Bonchev–Trinajstić information content (AvgIpc) is 2.89. The van der Waals surface area contributed by atoms with Gasteiger partial charge in [0, 0.05) is 43.9 Å². The molecule has 3 aromatic rings. The van der Waals surface area contributed by atoms with Crippen LogP contribution in [0.15, 0.2) is 60.7 Å². The molecule has 4 rings (SSSR count). The van der Waals surface area contributed by atoms with E-state index in [1.54, 1.807) is 14.2 Å². The van der Waals surface area contributed by atoms with E-state index < -0.39 is 0 Å². The van der Waals surface area contributed by atoms with Crippen LogP contribution in [0.4, 0.5) is 0 Å². The van der Waals surface area contributed by atoms with Crippen LogP contribution in [0.25, 0.3) is 0 Å². The van der Waals surface area contributed by atoms with E-state index in [0.717, 1.165) is 53.6 Å². The van der Waals surface area contributed by atoms with Crippen LogP contribution in [0.2, 0.25) is 0 Å². The molecule has 1 amide bonds. The Bertz CT molecular complexity index is 1170. The Morgan fingerprint density at radius 3 is 2.40 bits per heavy atom. The fourth-order valence-electron chi connectivity index (χ4n) is 4.36. The van der Waals surface area contributed by atoms with Crippen molar-refractivity contribution in [1.82, 2.24) is 9.80 Å². The number of methoxy groups -OCH3 is 2. The lowest BCUT2D eigenvalue weighted by Crippen LogP contribution is -2.48. The standard InChI is InChI=1S/C29H34N2O4/c1-21-8-9-22(2)28(16-21)35-20-25-18-24(10-11-27(25)34-4)29(32)31-14-12-30(13-15-31)19-23-6-5-7-26(17-23)33-3/h5-11,16-18H,12-15,19-20H2,1-4H3. The number of hydrogen-bond donors (Lipinski definition) is 0. The van der Waals surface area contributed by atoms with Crippen LogP contribution in [-0.4, -0.2) is 56.1 Å². The van der Waals surface area contributed by atoms with E-state index >= 15 is 0 Å². The van der Waals surface area contributed by atoms with E-state index in [-0.39, 0.29) is 5.91 Å². The molecule has 1 heterocycles. The highest BCUT2D eigenvalue weighted by Crippen LogP contribution is 2.26. The predicted octanol–water partition coefficient (Wildman–Crippen LogP) is 4.86. The van der Waals surface area contributed by atoms with E-state index in [4.69, 9.17) is 14.2 Å². The molecule has 1 aliphatic heterocycles. The molecule has 0 radical (unpaired) electrons. The second-order valence-electron chi connectivity index (χ2n) is 9.00. The van der Waals surface area contributed by atoms with Crippen molar-refractivity contribution in [3.05, 3.63) is 88.5 Å². The van der Waals surface area contributed by atoms with Crippen LogP contribution in [0, 0.1) is 13.8 Å². The van der Waals surface area contributed by atoms with Gasteiger partial charge in [-0.25, -0.2) is 0 Å². The normalized spacial score (nSPS) is 14.0. The summed E-state index contributed by atoms with van der Waals surface area (Å²) in [6.07, 6.45) is 0. The quantitative estimate of drug-likeness (QED) is 0.467. The first kappa shape index (κ1) is 24.6. The summed E-state index contributed by atoms with van der Waals surface area (Å²) >= 11 is 0. The van der Waals surface area contributed by atoms with E-state index in [1.165, 1.54) is 5.56 Å². The van der Waals surface area contributed by atoms with Crippen molar-refractivity contribution in [3.63, 3.8) is 0 Å². The zero-order valence-corrected chi connectivity index (χ0v) is 21.0. The second kappa shape index (κ2) is 11.3. The fourth-order valence-corrected chi connectivity index (χ4v) is 4.36. The van der Waals surface area contributed by atoms with Gasteiger partial charge in [-0.1, -0.05) is 24.3 Å². The van der Waals surface area contributed by atoms with Crippen molar-refractivity contribution in [3.8, 4) is 17.2 Å². The second-order valence-corrected chi connectivity index (χ2v) is 9.00. The third-order valence-electron chi connectivity index (χ3n) is 6.45. The minimum absolute atomic E-state index is 0.0432. The topological polar surface area (TPSA) is 51.2 Å². The zero-order chi connectivity index (χ0) is 24.8. The molecule has 0 spiro atoms. The van der Waals surface area contributed by atoms with Gasteiger partial charge in [0.1, 0.15) is 23.9 Å². The first-order chi connectivity index (χ1) is 17.0. The van der Waals surface area contributed by atoms with E-state index in [1.807, 2.05) is 55.1 Å². The van der Waals surface area contributed by atoms with Crippen LogP contribution in [0.5, 0.6) is 17.2 Å². The third-order valence-corrected chi connectivity index (χ3v) is 6.45.